The number of likely N-dealkylation sites (N-methyl/N-ethyl adjacent to an activating group) is 1. The van der Waals surface area contributed by atoms with Crippen molar-refractivity contribution in [1.82, 2.24) is 14.9 Å². The third-order valence-corrected chi connectivity index (χ3v) is 7.98. The lowest BCUT2D eigenvalue weighted by Gasteiger charge is -2.44. The van der Waals surface area contributed by atoms with Crippen molar-refractivity contribution in [3.8, 4) is 11.1 Å². The maximum atomic E-state index is 15.7. The summed E-state index contributed by atoms with van der Waals surface area (Å²) in [4.78, 5) is 28.3. The van der Waals surface area contributed by atoms with Crippen LogP contribution in [0.3, 0.4) is 0 Å². The molecule has 0 radical (unpaired) electrons. The number of aromatic nitrogens is 2. The standard InChI is InChI=1S/C29H31ClF4N6O2/c1-17-15-40(16-18(2)38(17)3)26-12-24(31)23(20-13-35-28(36-14-20)39-4-6-42-7-5-39)11-25(26)37-27(41)19-8-21(29(32,33)34)10-22(30)9-19/h8-14,17-18H,4-7,15-16H2,1-3H3,(H,37,41). The van der Waals surface area contributed by atoms with Gasteiger partial charge in [-0.2, -0.15) is 13.2 Å². The molecule has 0 spiro atoms. The number of alkyl halides is 3. The molecule has 1 N–H and O–H groups in total. The highest BCUT2D eigenvalue weighted by atomic mass is 35.5. The van der Waals surface area contributed by atoms with E-state index in [9.17, 15) is 18.0 Å². The molecule has 0 aliphatic carbocycles. The van der Waals surface area contributed by atoms with Gasteiger partial charge >= 0.3 is 6.18 Å². The fourth-order valence-corrected chi connectivity index (χ4v) is 5.45. The summed E-state index contributed by atoms with van der Waals surface area (Å²) in [5.41, 5.74) is -0.135. The quantitative estimate of drug-likeness (QED) is 0.381. The second-order valence-corrected chi connectivity index (χ2v) is 11.1. The van der Waals surface area contributed by atoms with Gasteiger partial charge in [-0.25, -0.2) is 14.4 Å². The molecule has 3 aromatic rings. The topological polar surface area (TPSA) is 73.8 Å². The van der Waals surface area contributed by atoms with E-state index in [4.69, 9.17) is 16.3 Å². The van der Waals surface area contributed by atoms with Crippen LogP contribution < -0.4 is 15.1 Å². The minimum Gasteiger partial charge on any atom is -0.378 e. The van der Waals surface area contributed by atoms with Gasteiger partial charge in [-0.15, -0.1) is 0 Å². The van der Waals surface area contributed by atoms with Crippen LogP contribution >= 0.6 is 11.6 Å². The summed E-state index contributed by atoms with van der Waals surface area (Å²) in [6.45, 7) is 7.59. The lowest BCUT2D eigenvalue weighted by molar-refractivity contribution is -0.137. The summed E-state index contributed by atoms with van der Waals surface area (Å²) in [6, 6.07) is 5.72. The first-order chi connectivity index (χ1) is 19.9. The largest absolute Gasteiger partial charge is 0.416 e. The zero-order valence-electron chi connectivity index (χ0n) is 23.4. The molecule has 42 heavy (non-hydrogen) atoms. The van der Waals surface area contributed by atoms with Crippen LogP contribution in [0.4, 0.5) is 34.9 Å². The van der Waals surface area contributed by atoms with Gasteiger partial charge in [0, 0.05) is 72.4 Å². The molecular formula is C29H31ClF4N6O2. The maximum Gasteiger partial charge on any atom is 0.416 e. The van der Waals surface area contributed by atoms with Crippen LogP contribution in [0.25, 0.3) is 11.1 Å². The predicted octanol–water partition coefficient (Wildman–Crippen LogP) is 5.57. The minimum absolute atomic E-state index is 0.128. The molecule has 8 nitrogen and oxygen atoms in total. The van der Waals surface area contributed by atoms with Gasteiger partial charge in [0.1, 0.15) is 5.82 Å². The first kappa shape index (κ1) is 30.0. The zero-order chi connectivity index (χ0) is 30.2. The number of morpholine rings is 1. The summed E-state index contributed by atoms with van der Waals surface area (Å²) in [6.07, 6.45) is -1.67. The van der Waals surface area contributed by atoms with E-state index >= 15 is 4.39 Å². The van der Waals surface area contributed by atoms with Gasteiger partial charge in [-0.1, -0.05) is 11.6 Å². The van der Waals surface area contributed by atoms with E-state index in [1.807, 2.05) is 30.7 Å². The van der Waals surface area contributed by atoms with E-state index in [0.717, 1.165) is 18.2 Å². The lowest BCUT2D eigenvalue weighted by Crippen LogP contribution is -2.55. The Morgan fingerprint density at radius 2 is 1.64 bits per heavy atom. The molecule has 2 aliphatic rings. The molecule has 1 aromatic heterocycles. The first-order valence-corrected chi connectivity index (χ1v) is 13.9. The molecule has 2 saturated heterocycles. The Bertz CT molecular complexity index is 1440. The van der Waals surface area contributed by atoms with Gasteiger partial charge in [0.15, 0.2) is 0 Å². The van der Waals surface area contributed by atoms with Crippen LogP contribution in [-0.4, -0.2) is 79.3 Å². The number of amides is 1. The summed E-state index contributed by atoms with van der Waals surface area (Å²) < 4.78 is 61.3. The number of hydrogen-bond acceptors (Lipinski definition) is 7. The van der Waals surface area contributed by atoms with Crippen molar-refractivity contribution in [3.63, 3.8) is 0 Å². The van der Waals surface area contributed by atoms with Crippen LogP contribution in [0.2, 0.25) is 5.02 Å². The molecule has 2 unspecified atom stereocenters. The average Bonchev–Trinajstić information content (AvgIpc) is 2.96. The third kappa shape index (κ3) is 6.45. The highest BCUT2D eigenvalue weighted by Gasteiger charge is 2.32. The van der Waals surface area contributed by atoms with Gasteiger partial charge in [0.25, 0.3) is 5.91 Å². The summed E-state index contributed by atoms with van der Waals surface area (Å²) >= 11 is 5.93. The monoisotopic (exact) mass is 606 g/mol. The van der Waals surface area contributed by atoms with Gasteiger partial charge < -0.3 is 19.9 Å². The highest BCUT2D eigenvalue weighted by molar-refractivity contribution is 6.31. The number of piperazine rings is 1. The predicted molar refractivity (Wildman–Crippen MR) is 154 cm³/mol. The van der Waals surface area contributed by atoms with E-state index in [1.54, 1.807) is 0 Å². The number of rotatable bonds is 5. The van der Waals surface area contributed by atoms with Gasteiger partial charge in [-0.3, -0.25) is 9.69 Å². The van der Waals surface area contributed by atoms with Gasteiger partial charge in [0.05, 0.1) is 30.2 Å². The molecule has 224 valence electrons. The third-order valence-electron chi connectivity index (χ3n) is 7.76. The van der Waals surface area contributed by atoms with Gasteiger partial charge in [0.2, 0.25) is 5.95 Å². The molecule has 13 heteroatoms. The van der Waals surface area contributed by atoms with Crippen LogP contribution in [-0.2, 0) is 10.9 Å². The number of anilines is 3. The molecule has 5 rings (SSSR count). The van der Waals surface area contributed by atoms with Crippen molar-refractivity contribution in [2.45, 2.75) is 32.1 Å². The van der Waals surface area contributed by atoms with Crippen molar-refractivity contribution >= 4 is 34.8 Å². The number of carbonyl (C=O) groups is 1. The van der Waals surface area contributed by atoms with Crippen LogP contribution in [0, 0.1) is 5.82 Å². The Hall–Kier alpha value is -3.48. The molecule has 1 amide bonds. The molecular weight excluding hydrogens is 576 g/mol. The Morgan fingerprint density at radius 1 is 1.00 bits per heavy atom. The number of ether oxygens (including phenoxy) is 1. The van der Waals surface area contributed by atoms with Crippen molar-refractivity contribution in [3.05, 3.63) is 64.7 Å². The Kier molecular flexibility index (Phi) is 8.58. The van der Waals surface area contributed by atoms with E-state index in [0.29, 0.717) is 56.6 Å². The fraction of sp³-hybridized carbons (Fsp3) is 0.414. The first-order valence-electron chi connectivity index (χ1n) is 13.6. The Labute approximate surface area is 246 Å². The van der Waals surface area contributed by atoms with Gasteiger partial charge in [-0.05, 0) is 51.2 Å². The number of nitrogens with zero attached hydrogens (tertiary/aromatic N) is 5. The SMILES string of the molecule is CC1CN(c2cc(F)c(-c3cnc(N4CCOCC4)nc3)cc2NC(=O)c2cc(Cl)cc(C(F)(F)F)c2)CC(C)N1C. The molecule has 0 saturated carbocycles. The molecule has 0 bridgehead atoms. The fourth-order valence-electron chi connectivity index (χ4n) is 5.21. The summed E-state index contributed by atoms with van der Waals surface area (Å²) in [5.74, 6) is -0.863. The minimum atomic E-state index is -4.69. The highest BCUT2D eigenvalue weighted by Crippen LogP contribution is 2.37. The van der Waals surface area contributed by atoms with E-state index in [2.05, 4.69) is 20.2 Å². The number of carbonyl (C=O) groups excluding carboxylic acids is 1. The van der Waals surface area contributed by atoms with Crippen LogP contribution in [0.15, 0.2) is 42.7 Å². The van der Waals surface area contributed by atoms with E-state index in [1.165, 1.54) is 24.5 Å². The van der Waals surface area contributed by atoms with E-state index in [-0.39, 0.29) is 33.9 Å². The number of hydrogen-bond donors (Lipinski definition) is 1. The smallest absolute Gasteiger partial charge is 0.378 e. The Morgan fingerprint density at radius 3 is 2.26 bits per heavy atom. The molecule has 2 aromatic carbocycles. The summed E-state index contributed by atoms with van der Waals surface area (Å²) in [5, 5.41) is 2.49. The zero-order valence-corrected chi connectivity index (χ0v) is 24.1. The number of halogens is 5. The lowest BCUT2D eigenvalue weighted by atomic mass is 10.0. The molecule has 2 aliphatic heterocycles. The Balaban J connectivity index is 1.52. The molecule has 2 fully saturated rings. The van der Waals surface area contributed by atoms with E-state index < -0.39 is 23.5 Å². The molecule has 2 atom stereocenters. The van der Waals surface area contributed by atoms with Crippen LogP contribution in [0.5, 0.6) is 0 Å². The maximum absolute atomic E-state index is 15.7. The van der Waals surface area contributed by atoms with Crippen molar-refractivity contribution < 1.29 is 27.1 Å². The van der Waals surface area contributed by atoms with Crippen molar-refractivity contribution in [1.29, 1.82) is 0 Å². The number of benzene rings is 2. The van der Waals surface area contributed by atoms with Crippen LogP contribution in [0.1, 0.15) is 29.8 Å². The average molecular weight is 607 g/mol. The summed E-state index contributed by atoms with van der Waals surface area (Å²) in [7, 11) is 2.01. The second-order valence-electron chi connectivity index (χ2n) is 10.7. The number of nitrogens with one attached hydrogen (secondary N) is 1. The van der Waals surface area contributed by atoms with Crippen molar-refractivity contribution in [2.24, 2.45) is 0 Å². The normalized spacial score (nSPS) is 20.1. The second kappa shape index (κ2) is 12.0. The van der Waals surface area contributed by atoms with Crippen molar-refractivity contribution in [2.75, 3.05) is 61.6 Å². The molecule has 3 heterocycles.